The van der Waals surface area contributed by atoms with E-state index in [4.69, 9.17) is 4.74 Å². The van der Waals surface area contributed by atoms with Crippen LogP contribution in [0, 0.1) is 12.8 Å². The number of carbonyl (C=O) groups is 2. The highest BCUT2D eigenvalue weighted by Gasteiger charge is 2.68. The molecule has 1 heterocycles. The third-order valence-electron chi connectivity index (χ3n) is 3.76. The van der Waals surface area contributed by atoms with Crippen LogP contribution in [-0.2, 0) is 19.7 Å². The van der Waals surface area contributed by atoms with E-state index in [0.29, 0.717) is 6.42 Å². The predicted octanol–water partition coefficient (Wildman–Crippen LogP) is 1.38. The smallest absolute Gasteiger partial charge is 0.310 e. The van der Waals surface area contributed by atoms with Crippen LogP contribution in [0.1, 0.15) is 17.5 Å². The summed E-state index contributed by atoms with van der Waals surface area (Å²) >= 11 is 0. The van der Waals surface area contributed by atoms with E-state index in [1.807, 2.05) is 25.1 Å². The predicted molar refractivity (Wildman–Crippen MR) is 61.6 cm³/mol. The maximum absolute atomic E-state index is 12.0. The van der Waals surface area contributed by atoms with Gasteiger partial charge in [0.2, 0.25) is 5.91 Å². The van der Waals surface area contributed by atoms with E-state index >= 15 is 0 Å². The molecule has 4 heteroatoms. The molecule has 1 amide bonds. The van der Waals surface area contributed by atoms with Crippen LogP contribution in [0.2, 0.25) is 0 Å². The van der Waals surface area contributed by atoms with E-state index in [9.17, 15) is 9.59 Å². The summed E-state index contributed by atoms with van der Waals surface area (Å²) in [6, 6.07) is 5.83. The summed E-state index contributed by atoms with van der Waals surface area (Å²) in [6.07, 6.45) is 0.558. The van der Waals surface area contributed by atoms with Crippen molar-refractivity contribution in [2.45, 2.75) is 18.8 Å². The van der Waals surface area contributed by atoms with E-state index < -0.39 is 5.41 Å². The van der Waals surface area contributed by atoms with Gasteiger partial charge in [0.1, 0.15) is 0 Å². The Balaban J connectivity index is 2.07. The molecule has 1 aliphatic heterocycles. The standard InChI is InChI=1S/C13H13NO3/c1-7-3-4-10-8(5-7)13(12(16)14-10)6-9(13)11(15)17-2/h3-5,9H,6H2,1-2H3,(H,14,16)/t9-,13+/m0/s1. The first-order valence-corrected chi connectivity index (χ1v) is 5.60. The molecule has 1 N–H and O–H groups in total. The summed E-state index contributed by atoms with van der Waals surface area (Å²) in [5.74, 6) is -0.696. The van der Waals surface area contributed by atoms with E-state index in [0.717, 1.165) is 16.8 Å². The van der Waals surface area contributed by atoms with E-state index in [-0.39, 0.29) is 17.8 Å². The number of hydrogen-bond donors (Lipinski definition) is 1. The lowest BCUT2D eigenvalue weighted by Crippen LogP contribution is -2.24. The Hall–Kier alpha value is -1.84. The second-order valence-corrected chi connectivity index (χ2v) is 4.75. The third-order valence-corrected chi connectivity index (χ3v) is 3.76. The summed E-state index contributed by atoms with van der Waals surface area (Å²) in [7, 11) is 1.36. The minimum Gasteiger partial charge on any atom is -0.469 e. The van der Waals surface area contributed by atoms with Crippen LogP contribution in [-0.4, -0.2) is 19.0 Å². The Labute approximate surface area is 99.0 Å². The summed E-state index contributed by atoms with van der Waals surface area (Å²) in [5, 5.41) is 2.84. The summed E-state index contributed by atoms with van der Waals surface area (Å²) in [5.41, 5.74) is 2.20. The number of rotatable bonds is 1. The van der Waals surface area contributed by atoms with Gasteiger partial charge in [-0.25, -0.2) is 0 Å². The van der Waals surface area contributed by atoms with Crippen LogP contribution in [0.3, 0.4) is 0 Å². The molecule has 17 heavy (non-hydrogen) atoms. The molecule has 0 unspecified atom stereocenters. The summed E-state index contributed by atoms with van der Waals surface area (Å²) in [6.45, 7) is 1.98. The fraction of sp³-hybridized carbons (Fsp3) is 0.385. The fourth-order valence-corrected chi connectivity index (χ4v) is 2.73. The lowest BCUT2D eigenvalue weighted by molar-refractivity contribution is -0.143. The number of ether oxygens (including phenoxy) is 1. The van der Waals surface area contributed by atoms with Crippen LogP contribution in [0.15, 0.2) is 18.2 Å². The van der Waals surface area contributed by atoms with Crippen molar-refractivity contribution in [1.29, 1.82) is 0 Å². The molecule has 0 aromatic heterocycles. The largest absolute Gasteiger partial charge is 0.469 e. The van der Waals surface area contributed by atoms with Gasteiger partial charge in [0.15, 0.2) is 0 Å². The normalized spacial score (nSPS) is 28.8. The minimum atomic E-state index is -0.658. The highest BCUT2D eigenvalue weighted by Crippen LogP contribution is 2.60. The van der Waals surface area contributed by atoms with Crippen LogP contribution < -0.4 is 5.32 Å². The molecule has 88 valence electrons. The number of carbonyl (C=O) groups excluding carboxylic acids is 2. The number of hydrogen-bond acceptors (Lipinski definition) is 3. The van der Waals surface area contributed by atoms with E-state index in [2.05, 4.69) is 5.32 Å². The molecule has 3 rings (SSSR count). The molecule has 2 atom stereocenters. The zero-order valence-electron chi connectivity index (χ0n) is 9.74. The maximum atomic E-state index is 12.0. The van der Waals surface area contributed by atoms with Gasteiger partial charge in [0.05, 0.1) is 18.4 Å². The zero-order valence-corrected chi connectivity index (χ0v) is 9.74. The molecule has 0 bridgehead atoms. The Morgan fingerprint density at radius 1 is 1.53 bits per heavy atom. The monoisotopic (exact) mass is 231 g/mol. The first-order valence-electron chi connectivity index (χ1n) is 5.60. The highest BCUT2D eigenvalue weighted by atomic mass is 16.5. The average Bonchev–Trinajstić information content (AvgIpc) is 3.00. The number of esters is 1. The SMILES string of the molecule is COC(=O)[C@@H]1C[C@]12C(=O)Nc1ccc(C)cc12. The lowest BCUT2D eigenvalue weighted by atomic mass is 9.93. The van der Waals surface area contributed by atoms with Crippen molar-refractivity contribution >= 4 is 17.6 Å². The number of anilines is 1. The highest BCUT2D eigenvalue weighted by molar-refractivity contribution is 6.12. The van der Waals surface area contributed by atoms with Gasteiger partial charge in [0, 0.05) is 5.69 Å². The van der Waals surface area contributed by atoms with Gasteiger partial charge in [-0.1, -0.05) is 17.7 Å². The molecule has 1 fully saturated rings. The number of amides is 1. The van der Waals surface area contributed by atoms with Crippen molar-refractivity contribution in [3.05, 3.63) is 29.3 Å². The van der Waals surface area contributed by atoms with Gasteiger partial charge in [-0.15, -0.1) is 0 Å². The van der Waals surface area contributed by atoms with Crippen molar-refractivity contribution < 1.29 is 14.3 Å². The third kappa shape index (κ3) is 1.18. The van der Waals surface area contributed by atoms with Gasteiger partial charge in [-0.2, -0.15) is 0 Å². The maximum Gasteiger partial charge on any atom is 0.310 e. The average molecular weight is 231 g/mol. The van der Waals surface area contributed by atoms with Gasteiger partial charge in [-0.05, 0) is 25.0 Å². The first kappa shape index (κ1) is 10.3. The minimum absolute atomic E-state index is 0.0755. The lowest BCUT2D eigenvalue weighted by Gasteiger charge is -2.07. The molecule has 1 aromatic rings. The Bertz CT molecular complexity index is 537. The first-order chi connectivity index (χ1) is 8.09. The summed E-state index contributed by atoms with van der Waals surface area (Å²) in [4.78, 5) is 23.6. The van der Waals surface area contributed by atoms with Gasteiger partial charge >= 0.3 is 5.97 Å². The molecule has 1 saturated carbocycles. The fourth-order valence-electron chi connectivity index (χ4n) is 2.73. The number of nitrogens with one attached hydrogen (secondary N) is 1. The van der Waals surface area contributed by atoms with E-state index in [1.165, 1.54) is 7.11 Å². The molecule has 2 aliphatic rings. The second kappa shape index (κ2) is 3.09. The molecule has 1 spiro atoms. The second-order valence-electron chi connectivity index (χ2n) is 4.75. The molecule has 1 aliphatic carbocycles. The van der Waals surface area contributed by atoms with Crippen molar-refractivity contribution in [3.8, 4) is 0 Å². The van der Waals surface area contributed by atoms with Crippen LogP contribution in [0.25, 0.3) is 0 Å². The van der Waals surface area contributed by atoms with Crippen molar-refractivity contribution in [3.63, 3.8) is 0 Å². The van der Waals surface area contributed by atoms with Crippen LogP contribution in [0.4, 0.5) is 5.69 Å². The Morgan fingerprint density at radius 2 is 2.29 bits per heavy atom. The number of aryl methyl sites for hydroxylation is 1. The zero-order chi connectivity index (χ0) is 12.2. The Kier molecular flexibility index (Phi) is 1.88. The van der Waals surface area contributed by atoms with Gasteiger partial charge in [-0.3, -0.25) is 9.59 Å². The molecule has 0 saturated heterocycles. The molecule has 0 radical (unpaired) electrons. The van der Waals surface area contributed by atoms with Crippen molar-refractivity contribution in [1.82, 2.24) is 0 Å². The van der Waals surface area contributed by atoms with Crippen LogP contribution in [0.5, 0.6) is 0 Å². The van der Waals surface area contributed by atoms with Gasteiger partial charge < -0.3 is 10.1 Å². The number of fused-ring (bicyclic) bond motifs is 2. The van der Waals surface area contributed by atoms with E-state index in [1.54, 1.807) is 0 Å². The van der Waals surface area contributed by atoms with Crippen molar-refractivity contribution in [2.24, 2.45) is 5.92 Å². The number of methoxy groups -OCH3 is 1. The molecule has 1 aromatic carbocycles. The van der Waals surface area contributed by atoms with Crippen molar-refractivity contribution in [2.75, 3.05) is 12.4 Å². The Morgan fingerprint density at radius 3 is 3.00 bits per heavy atom. The molecular weight excluding hydrogens is 218 g/mol. The number of benzene rings is 1. The topological polar surface area (TPSA) is 55.4 Å². The quantitative estimate of drug-likeness (QED) is 0.743. The molecular formula is C13H13NO3. The van der Waals surface area contributed by atoms with Gasteiger partial charge in [0.25, 0.3) is 0 Å². The summed E-state index contributed by atoms with van der Waals surface area (Å²) < 4.78 is 4.74. The van der Waals surface area contributed by atoms with Crippen LogP contribution >= 0.6 is 0 Å². The molecule has 4 nitrogen and oxygen atoms in total.